The predicted molar refractivity (Wildman–Crippen MR) is 340 cm³/mol. The van der Waals surface area contributed by atoms with Crippen LogP contribution in [0.5, 0.6) is 0 Å². The van der Waals surface area contributed by atoms with Crippen LogP contribution in [0.1, 0.15) is 373 Å². The first-order chi connectivity index (χ1) is 38.8. The third-order valence-corrected chi connectivity index (χ3v) is 16.8. The number of hydrogen-bond acceptors (Lipinski definition) is 8. The van der Waals surface area contributed by atoms with E-state index in [2.05, 4.69) is 38.2 Å². The van der Waals surface area contributed by atoms with Gasteiger partial charge in [0.05, 0.1) is 13.2 Å². The fraction of sp³-hybridized carbons (Fsp3) is 0.913. The van der Waals surface area contributed by atoms with E-state index in [0.29, 0.717) is 6.42 Å². The van der Waals surface area contributed by atoms with Gasteiger partial charge in [0.15, 0.2) is 6.10 Å². The SMILES string of the molecule is CCCCCCCC/C=C\CCCCCCCCCC(=O)OCC(COP(=O)(O)OCCN)OC(=O)CCCCCCCCCCCCCCCCCCCCCCCCCCCCCCC/C=C\CCCCCCCCCC. The standard InChI is InChI=1S/C69H134NO8P/c1-3-5-7-9-11-13-15-17-19-21-22-23-24-25-26-27-28-29-30-31-32-33-34-35-36-37-38-39-40-41-42-43-44-46-48-50-52-54-56-58-60-62-69(72)78-67(66-77-79(73,74)76-64-63-70)65-75-68(71)61-59-57-55-53-51-49-47-45-20-18-16-14-12-10-8-6-4-2/h18,20-22,67H,3-17,19,23-66,70H2,1-2H3,(H,73,74)/b20-18-,22-21-. The van der Waals surface area contributed by atoms with Gasteiger partial charge in [-0.15, -0.1) is 0 Å². The van der Waals surface area contributed by atoms with E-state index in [1.807, 2.05) is 0 Å². The second-order valence-corrected chi connectivity index (χ2v) is 25.2. The largest absolute Gasteiger partial charge is 0.472 e. The summed E-state index contributed by atoms with van der Waals surface area (Å²) in [6.07, 6.45) is 80.1. The van der Waals surface area contributed by atoms with Crippen LogP contribution in [0, 0.1) is 0 Å². The van der Waals surface area contributed by atoms with Crippen LogP contribution in [0.3, 0.4) is 0 Å². The maximum atomic E-state index is 12.7. The van der Waals surface area contributed by atoms with Crippen molar-refractivity contribution in [2.24, 2.45) is 5.73 Å². The first-order valence-corrected chi connectivity index (χ1v) is 36.3. The molecule has 9 nitrogen and oxygen atoms in total. The highest BCUT2D eigenvalue weighted by atomic mass is 31.2. The van der Waals surface area contributed by atoms with Crippen LogP contribution < -0.4 is 5.73 Å². The number of phosphoric acid groups is 1. The lowest BCUT2D eigenvalue weighted by Gasteiger charge is -2.19. The van der Waals surface area contributed by atoms with Crippen LogP contribution in [0.25, 0.3) is 0 Å². The summed E-state index contributed by atoms with van der Waals surface area (Å²) in [5, 5.41) is 0. The lowest BCUT2D eigenvalue weighted by Crippen LogP contribution is -2.29. The van der Waals surface area contributed by atoms with Crippen molar-refractivity contribution in [2.45, 2.75) is 380 Å². The van der Waals surface area contributed by atoms with Crippen molar-refractivity contribution in [3.05, 3.63) is 24.3 Å². The molecule has 0 aromatic heterocycles. The lowest BCUT2D eigenvalue weighted by molar-refractivity contribution is -0.161. The smallest absolute Gasteiger partial charge is 0.462 e. The predicted octanol–water partition coefficient (Wildman–Crippen LogP) is 22.5. The lowest BCUT2D eigenvalue weighted by atomic mass is 10.0. The van der Waals surface area contributed by atoms with Crippen LogP contribution in [0.15, 0.2) is 24.3 Å². The molecule has 0 aliphatic rings. The maximum absolute atomic E-state index is 12.7. The van der Waals surface area contributed by atoms with Gasteiger partial charge in [0.1, 0.15) is 6.61 Å². The Morgan fingerprint density at radius 3 is 0.899 bits per heavy atom. The van der Waals surface area contributed by atoms with Crippen molar-refractivity contribution in [2.75, 3.05) is 26.4 Å². The third-order valence-electron chi connectivity index (χ3n) is 15.8. The molecule has 3 N–H and O–H groups in total. The Hall–Kier alpha value is -1.51. The molecule has 10 heteroatoms. The van der Waals surface area contributed by atoms with E-state index in [4.69, 9.17) is 24.3 Å². The van der Waals surface area contributed by atoms with Crippen LogP contribution in [0.4, 0.5) is 0 Å². The van der Waals surface area contributed by atoms with E-state index in [0.717, 1.165) is 32.1 Å². The highest BCUT2D eigenvalue weighted by molar-refractivity contribution is 7.47. The van der Waals surface area contributed by atoms with Gasteiger partial charge in [-0.25, -0.2) is 4.57 Å². The van der Waals surface area contributed by atoms with Crippen molar-refractivity contribution in [1.82, 2.24) is 0 Å². The summed E-state index contributed by atoms with van der Waals surface area (Å²) in [5.74, 6) is -0.813. The summed E-state index contributed by atoms with van der Waals surface area (Å²) in [7, 11) is -4.39. The molecule has 0 saturated carbocycles. The summed E-state index contributed by atoms with van der Waals surface area (Å²) in [6.45, 7) is 3.80. The van der Waals surface area contributed by atoms with Gasteiger partial charge in [-0.1, -0.05) is 321 Å². The average molecular weight is 1140 g/mol. The second kappa shape index (κ2) is 65.6. The van der Waals surface area contributed by atoms with Crippen LogP contribution in [-0.4, -0.2) is 49.3 Å². The number of allylic oxidation sites excluding steroid dienone is 4. The Kier molecular flexibility index (Phi) is 64.4. The van der Waals surface area contributed by atoms with Gasteiger partial charge < -0.3 is 20.1 Å². The number of carbonyl (C=O) groups is 2. The number of hydrogen-bond donors (Lipinski definition) is 2. The summed E-state index contributed by atoms with van der Waals surface area (Å²) in [6, 6.07) is 0. The number of rotatable bonds is 67. The average Bonchev–Trinajstić information content (AvgIpc) is 3.44. The molecule has 79 heavy (non-hydrogen) atoms. The molecule has 0 aromatic rings. The first kappa shape index (κ1) is 77.5. The van der Waals surface area contributed by atoms with Crippen molar-refractivity contribution in [3.63, 3.8) is 0 Å². The molecule has 2 atom stereocenters. The Morgan fingerprint density at radius 1 is 0.367 bits per heavy atom. The molecule has 468 valence electrons. The van der Waals surface area contributed by atoms with Crippen molar-refractivity contribution in [1.29, 1.82) is 0 Å². The molecule has 0 aliphatic carbocycles. The van der Waals surface area contributed by atoms with Crippen molar-refractivity contribution < 1.29 is 37.6 Å². The fourth-order valence-corrected chi connectivity index (χ4v) is 11.4. The zero-order chi connectivity index (χ0) is 57.3. The minimum absolute atomic E-state index is 0.0557. The van der Waals surface area contributed by atoms with Gasteiger partial charge in [0, 0.05) is 19.4 Å². The Morgan fingerprint density at radius 2 is 0.620 bits per heavy atom. The fourth-order valence-electron chi connectivity index (χ4n) is 10.6. The number of nitrogens with two attached hydrogens (primary N) is 1. The van der Waals surface area contributed by atoms with E-state index in [9.17, 15) is 19.0 Å². The van der Waals surface area contributed by atoms with Gasteiger partial charge in [-0.05, 0) is 64.2 Å². The molecule has 0 fully saturated rings. The highest BCUT2D eigenvalue weighted by Gasteiger charge is 2.26. The summed E-state index contributed by atoms with van der Waals surface area (Å²) in [5.41, 5.74) is 5.39. The molecule has 0 rings (SSSR count). The molecule has 0 bridgehead atoms. The van der Waals surface area contributed by atoms with E-state index in [1.54, 1.807) is 0 Å². The molecule has 0 spiro atoms. The van der Waals surface area contributed by atoms with Crippen molar-refractivity contribution >= 4 is 19.8 Å². The Bertz CT molecular complexity index is 1340. The van der Waals surface area contributed by atoms with E-state index < -0.39 is 26.5 Å². The number of phosphoric ester groups is 1. The van der Waals surface area contributed by atoms with Crippen LogP contribution in [0.2, 0.25) is 0 Å². The normalized spacial score (nSPS) is 13.0. The van der Waals surface area contributed by atoms with E-state index in [-0.39, 0.29) is 38.6 Å². The number of esters is 2. The highest BCUT2D eigenvalue weighted by Crippen LogP contribution is 2.43. The van der Waals surface area contributed by atoms with Gasteiger partial charge in [-0.3, -0.25) is 18.6 Å². The van der Waals surface area contributed by atoms with E-state index in [1.165, 1.54) is 308 Å². The molecule has 0 saturated heterocycles. The maximum Gasteiger partial charge on any atom is 0.472 e. The van der Waals surface area contributed by atoms with Gasteiger partial charge >= 0.3 is 19.8 Å². The molecule has 0 aromatic carbocycles. The molecular weight excluding hydrogens is 1000 g/mol. The molecule has 0 radical (unpaired) electrons. The zero-order valence-electron chi connectivity index (χ0n) is 52.6. The number of carbonyl (C=O) groups excluding carboxylic acids is 2. The van der Waals surface area contributed by atoms with Gasteiger partial charge in [-0.2, -0.15) is 0 Å². The zero-order valence-corrected chi connectivity index (χ0v) is 53.5. The molecule has 2 unspecified atom stereocenters. The number of ether oxygens (including phenoxy) is 2. The first-order valence-electron chi connectivity index (χ1n) is 34.8. The second-order valence-electron chi connectivity index (χ2n) is 23.7. The minimum atomic E-state index is -4.39. The third kappa shape index (κ3) is 65.5. The summed E-state index contributed by atoms with van der Waals surface area (Å²) >= 11 is 0. The Labute approximate surface area is 491 Å². The number of unbranched alkanes of at least 4 members (excludes halogenated alkanes) is 50. The molecular formula is C69H134NO8P. The van der Waals surface area contributed by atoms with E-state index >= 15 is 0 Å². The molecule has 0 aliphatic heterocycles. The Balaban J connectivity index is 3.71. The topological polar surface area (TPSA) is 134 Å². The quantitative estimate of drug-likeness (QED) is 0.0264. The van der Waals surface area contributed by atoms with Crippen LogP contribution >= 0.6 is 7.82 Å². The van der Waals surface area contributed by atoms with Crippen LogP contribution in [-0.2, 0) is 32.7 Å². The van der Waals surface area contributed by atoms with Crippen molar-refractivity contribution in [3.8, 4) is 0 Å². The molecule has 0 amide bonds. The van der Waals surface area contributed by atoms with Gasteiger partial charge in [0.2, 0.25) is 0 Å². The van der Waals surface area contributed by atoms with Gasteiger partial charge in [0.25, 0.3) is 0 Å². The molecule has 0 heterocycles. The minimum Gasteiger partial charge on any atom is -0.462 e. The monoisotopic (exact) mass is 1140 g/mol. The summed E-state index contributed by atoms with van der Waals surface area (Å²) in [4.78, 5) is 35.2. The summed E-state index contributed by atoms with van der Waals surface area (Å²) < 4.78 is 33.1.